The van der Waals surface area contributed by atoms with Gasteiger partial charge in [-0.25, -0.2) is 21.9 Å². The van der Waals surface area contributed by atoms with E-state index in [1.54, 1.807) is 6.07 Å². The number of benzene rings is 3. The van der Waals surface area contributed by atoms with E-state index in [2.05, 4.69) is 10.0 Å². The summed E-state index contributed by atoms with van der Waals surface area (Å²) in [6.45, 7) is 0.804. The molecule has 2 atom stereocenters. The van der Waals surface area contributed by atoms with Crippen molar-refractivity contribution in [3.8, 4) is 0 Å². The molecule has 3 aromatic carbocycles. The van der Waals surface area contributed by atoms with Crippen molar-refractivity contribution in [3.05, 3.63) is 94.5 Å². The van der Waals surface area contributed by atoms with Crippen molar-refractivity contribution in [1.29, 1.82) is 0 Å². The number of amides is 1. The number of hydrogen-bond donors (Lipinski definition) is 3. The van der Waals surface area contributed by atoms with Crippen molar-refractivity contribution >= 4 is 33.2 Å². The second-order valence-corrected chi connectivity index (χ2v) is 12.6. The summed E-state index contributed by atoms with van der Waals surface area (Å²) in [7, 11) is -3.98. The Bertz CT molecular complexity index is 1430. The molecule has 1 heterocycles. The van der Waals surface area contributed by atoms with Crippen LogP contribution in [0.4, 0.5) is 14.5 Å². The van der Waals surface area contributed by atoms with E-state index in [0.29, 0.717) is 35.9 Å². The molecule has 1 unspecified atom stereocenters. The Morgan fingerprint density at radius 3 is 2.38 bits per heavy atom. The van der Waals surface area contributed by atoms with E-state index in [1.807, 2.05) is 24.3 Å². The smallest absolute Gasteiger partial charge is 0.240 e. The average molecular weight is 621 g/mol. The van der Waals surface area contributed by atoms with E-state index in [9.17, 15) is 27.1 Å². The molecule has 0 radical (unpaired) electrons. The number of halogens is 3. The molecule has 11 heteroatoms. The highest BCUT2D eigenvalue weighted by atomic mass is 35.5. The highest BCUT2D eigenvalue weighted by Crippen LogP contribution is 2.36. The van der Waals surface area contributed by atoms with Crippen LogP contribution in [0.25, 0.3) is 0 Å². The SMILES string of the molecule is O=C(CC(c1ccc(Cl)cc1)C1CCOCC1)Nc1cccc(F)c1CCC[C@@H](CO)NS(=O)(=O)c1ccc(F)cc1. The summed E-state index contributed by atoms with van der Waals surface area (Å²) in [5.74, 6) is -1.09. The van der Waals surface area contributed by atoms with Crippen molar-refractivity contribution < 1.29 is 31.8 Å². The van der Waals surface area contributed by atoms with Crippen LogP contribution < -0.4 is 10.0 Å². The van der Waals surface area contributed by atoms with Crippen molar-refractivity contribution in [2.24, 2.45) is 5.92 Å². The molecule has 1 fully saturated rings. The third-order valence-corrected chi connectivity index (χ3v) is 9.37. The molecule has 0 aromatic heterocycles. The lowest BCUT2D eigenvalue weighted by Crippen LogP contribution is -2.37. The molecule has 0 saturated carbocycles. The highest BCUT2D eigenvalue weighted by molar-refractivity contribution is 7.89. The molecule has 0 spiro atoms. The first-order valence-electron chi connectivity index (χ1n) is 14.0. The maximum atomic E-state index is 14.9. The van der Waals surface area contributed by atoms with Gasteiger partial charge in [-0.1, -0.05) is 29.8 Å². The van der Waals surface area contributed by atoms with Gasteiger partial charge in [-0.2, -0.15) is 0 Å². The van der Waals surface area contributed by atoms with Gasteiger partial charge in [0, 0.05) is 41.9 Å². The van der Waals surface area contributed by atoms with Gasteiger partial charge in [0.25, 0.3) is 0 Å². The van der Waals surface area contributed by atoms with Crippen molar-refractivity contribution in [2.45, 2.75) is 55.4 Å². The quantitative estimate of drug-likeness (QED) is 0.223. The van der Waals surface area contributed by atoms with Gasteiger partial charge in [0.05, 0.1) is 11.5 Å². The van der Waals surface area contributed by atoms with Gasteiger partial charge in [-0.3, -0.25) is 4.79 Å². The maximum Gasteiger partial charge on any atom is 0.240 e. The Hall–Kier alpha value is -2.89. The summed E-state index contributed by atoms with van der Waals surface area (Å²) >= 11 is 6.09. The minimum absolute atomic E-state index is 0.0531. The van der Waals surface area contributed by atoms with Gasteiger partial charge in [0.15, 0.2) is 0 Å². The number of hydrogen-bond acceptors (Lipinski definition) is 5. The van der Waals surface area contributed by atoms with E-state index in [4.69, 9.17) is 16.3 Å². The van der Waals surface area contributed by atoms with Gasteiger partial charge in [-0.05, 0) is 98.0 Å². The molecule has 1 aliphatic rings. The fourth-order valence-electron chi connectivity index (χ4n) is 5.33. The molecule has 1 saturated heterocycles. The first-order valence-corrected chi connectivity index (χ1v) is 15.8. The van der Waals surface area contributed by atoms with Crippen LogP contribution in [0, 0.1) is 17.6 Å². The number of carbonyl (C=O) groups excluding carboxylic acids is 1. The molecule has 226 valence electrons. The number of nitrogens with one attached hydrogen (secondary N) is 2. The standard InChI is InChI=1S/C31H35ClF2N2O5S/c32-23-9-7-21(8-10-23)28(22-15-17-41-18-16-22)19-31(38)35-30-6-2-5-29(34)27(30)4-1-3-25(20-37)36-42(39,40)26-13-11-24(33)12-14-26/h2,5-14,22,25,28,36-37H,1,3-4,15-20H2,(H,35,38)/t25-,28?/m0/s1. The minimum Gasteiger partial charge on any atom is -0.395 e. The molecule has 7 nitrogen and oxygen atoms in total. The average Bonchev–Trinajstić information content (AvgIpc) is 2.98. The molecule has 3 N–H and O–H groups in total. The van der Waals surface area contributed by atoms with E-state index in [1.165, 1.54) is 12.1 Å². The zero-order chi connectivity index (χ0) is 30.1. The molecule has 42 heavy (non-hydrogen) atoms. The maximum absolute atomic E-state index is 14.9. The number of carbonyl (C=O) groups is 1. The predicted molar refractivity (Wildman–Crippen MR) is 158 cm³/mol. The van der Waals surface area contributed by atoms with E-state index >= 15 is 0 Å². The summed E-state index contributed by atoms with van der Waals surface area (Å²) in [6.07, 6.45) is 2.63. The van der Waals surface area contributed by atoms with Crippen molar-refractivity contribution in [3.63, 3.8) is 0 Å². The lowest BCUT2D eigenvalue weighted by molar-refractivity contribution is -0.117. The third-order valence-electron chi connectivity index (χ3n) is 7.58. The van der Waals surface area contributed by atoms with E-state index in [0.717, 1.165) is 42.7 Å². The molecule has 3 aromatic rings. The van der Waals surface area contributed by atoms with Gasteiger partial charge >= 0.3 is 0 Å². The molecule has 1 amide bonds. The van der Waals surface area contributed by atoms with Gasteiger partial charge in [0.1, 0.15) is 11.6 Å². The van der Waals surface area contributed by atoms with Crippen molar-refractivity contribution in [1.82, 2.24) is 4.72 Å². The summed E-state index contributed by atoms with van der Waals surface area (Å²) in [6, 6.07) is 15.5. The fraction of sp³-hybridized carbons (Fsp3) is 0.387. The van der Waals surface area contributed by atoms with Gasteiger partial charge in [0.2, 0.25) is 15.9 Å². The van der Waals surface area contributed by atoms with Crippen LogP contribution in [0.15, 0.2) is 71.6 Å². The summed E-state index contributed by atoms with van der Waals surface area (Å²) < 4.78 is 61.3. The number of aliphatic hydroxyl groups is 1. The summed E-state index contributed by atoms with van der Waals surface area (Å²) in [4.78, 5) is 13.2. The van der Waals surface area contributed by atoms with Gasteiger partial charge in [-0.15, -0.1) is 0 Å². The van der Waals surface area contributed by atoms with Crippen LogP contribution >= 0.6 is 11.6 Å². The number of sulfonamides is 1. The van der Waals surface area contributed by atoms with Crippen LogP contribution in [0.3, 0.4) is 0 Å². The fourth-order valence-corrected chi connectivity index (χ4v) is 6.72. The first kappa shape index (κ1) is 32.0. The monoisotopic (exact) mass is 620 g/mol. The largest absolute Gasteiger partial charge is 0.395 e. The highest BCUT2D eigenvalue weighted by Gasteiger charge is 2.28. The molecular formula is C31H35ClF2N2O5S. The van der Waals surface area contributed by atoms with Gasteiger partial charge < -0.3 is 15.2 Å². The Morgan fingerprint density at radius 2 is 1.71 bits per heavy atom. The van der Waals surface area contributed by atoms with E-state index < -0.39 is 34.3 Å². The Labute approximate surface area is 250 Å². The van der Waals surface area contributed by atoms with Crippen LogP contribution in [-0.2, 0) is 26.0 Å². The van der Waals surface area contributed by atoms with Crippen LogP contribution in [0.1, 0.15) is 49.1 Å². The van der Waals surface area contributed by atoms with Crippen molar-refractivity contribution in [2.75, 3.05) is 25.1 Å². The summed E-state index contributed by atoms with van der Waals surface area (Å²) in [5, 5.41) is 13.3. The van der Waals surface area contributed by atoms with E-state index in [-0.39, 0.29) is 41.9 Å². The third kappa shape index (κ3) is 8.81. The zero-order valence-electron chi connectivity index (χ0n) is 23.1. The second-order valence-electron chi connectivity index (χ2n) is 10.5. The minimum atomic E-state index is -3.98. The Morgan fingerprint density at radius 1 is 1.02 bits per heavy atom. The predicted octanol–water partition coefficient (Wildman–Crippen LogP) is 5.82. The number of aliphatic hydroxyl groups excluding tert-OH is 1. The Balaban J connectivity index is 1.40. The molecule has 0 aliphatic carbocycles. The number of anilines is 1. The van der Waals surface area contributed by atoms with Crippen LogP contribution in [0.5, 0.6) is 0 Å². The van der Waals surface area contributed by atoms with Crippen LogP contribution in [0.2, 0.25) is 5.02 Å². The molecular weight excluding hydrogens is 586 g/mol. The number of ether oxygens (including phenoxy) is 1. The first-order chi connectivity index (χ1) is 20.2. The second kappa shape index (κ2) is 15.0. The number of rotatable bonds is 13. The van der Waals surface area contributed by atoms with Crippen LogP contribution in [-0.4, -0.2) is 45.3 Å². The zero-order valence-corrected chi connectivity index (χ0v) is 24.6. The molecule has 1 aliphatic heterocycles. The lowest BCUT2D eigenvalue weighted by Gasteiger charge is -2.30. The normalized spacial score (nSPS) is 15.7. The Kier molecular flexibility index (Phi) is 11.5. The topological polar surface area (TPSA) is 105 Å². The summed E-state index contributed by atoms with van der Waals surface area (Å²) in [5.41, 5.74) is 1.67. The molecule has 4 rings (SSSR count). The molecule has 0 bridgehead atoms. The lowest BCUT2D eigenvalue weighted by atomic mass is 9.79.